The van der Waals surface area contributed by atoms with Gasteiger partial charge in [-0.25, -0.2) is 0 Å². The molecular weight excluding hydrogens is 218 g/mol. The van der Waals surface area contributed by atoms with E-state index in [0.717, 1.165) is 12.8 Å². The number of aromatic nitrogens is 2. The molecule has 4 heteroatoms. The Hall–Kier alpha value is -0.640. The summed E-state index contributed by atoms with van der Waals surface area (Å²) in [6, 6.07) is 2.84. The minimum atomic E-state index is 0.645. The van der Waals surface area contributed by atoms with Gasteiger partial charge in [-0.2, -0.15) is 16.9 Å². The smallest absolute Gasteiger partial charge is 0.124 e. The van der Waals surface area contributed by atoms with E-state index in [4.69, 9.17) is 0 Å². The van der Waals surface area contributed by atoms with E-state index in [1.54, 1.807) is 0 Å². The summed E-state index contributed by atoms with van der Waals surface area (Å²) in [7, 11) is 2.03. The molecule has 1 aromatic rings. The fourth-order valence-electron chi connectivity index (χ4n) is 2.09. The molecule has 2 heterocycles. The van der Waals surface area contributed by atoms with Crippen molar-refractivity contribution in [2.75, 3.05) is 16.8 Å². The number of hydrogen-bond acceptors (Lipinski definition) is 3. The van der Waals surface area contributed by atoms with Crippen molar-refractivity contribution in [2.24, 2.45) is 7.05 Å². The van der Waals surface area contributed by atoms with Gasteiger partial charge in [-0.15, -0.1) is 0 Å². The van der Waals surface area contributed by atoms with Crippen LogP contribution in [0.5, 0.6) is 0 Å². The fourth-order valence-corrected chi connectivity index (χ4v) is 3.20. The van der Waals surface area contributed by atoms with Crippen molar-refractivity contribution in [3.8, 4) is 0 Å². The number of aryl methyl sites for hydroxylation is 2. The van der Waals surface area contributed by atoms with E-state index in [-0.39, 0.29) is 0 Å². The first-order valence-corrected chi connectivity index (χ1v) is 7.32. The van der Waals surface area contributed by atoms with Crippen LogP contribution >= 0.6 is 11.8 Å². The Morgan fingerprint density at radius 1 is 1.50 bits per heavy atom. The second kappa shape index (κ2) is 5.62. The summed E-state index contributed by atoms with van der Waals surface area (Å²) in [5, 5.41) is 8.13. The first kappa shape index (κ1) is 11.8. The largest absolute Gasteiger partial charge is 0.367 e. The topological polar surface area (TPSA) is 29.9 Å². The number of rotatable bonds is 4. The van der Waals surface area contributed by atoms with Gasteiger partial charge in [0.15, 0.2) is 0 Å². The van der Waals surface area contributed by atoms with Crippen molar-refractivity contribution in [1.82, 2.24) is 9.78 Å². The molecule has 1 N–H and O–H groups in total. The van der Waals surface area contributed by atoms with E-state index in [1.807, 2.05) is 11.7 Å². The lowest BCUT2D eigenvalue weighted by molar-refractivity contribution is 0.648. The lowest BCUT2D eigenvalue weighted by Gasteiger charge is -2.23. The van der Waals surface area contributed by atoms with Crippen LogP contribution in [-0.4, -0.2) is 27.3 Å². The minimum Gasteiger partial charge on any atom is -0.367 e. The lowest BCUT2D eigenvalue weighted by atomic mass is 10.1. The highest BCUT2D eigenvalue weighted by Gasteiger charge is 2.15. The highest BCUT2D eigenvalue weighted by atomic mass is 32.2. The Labute approximate surface area is 102 Å². The molecule has 0 aliphatic carbocycles. The van der Waals surface area contributed by atoms with Gasteiger partial charge in [0.05, 0.1) is 5.69 Å². The average molecular weight is 239 g/mol. The molecule has 90 valence electrons. The van der Waals surface area contributed by atoms with Crippen LogP contribution in [0.1, 0.15) is 31.9 Å². The maximum atomic E-state index is 4.51. The highest BCUT2D eigenvalue weighted by molar-refractivity contribution is 7.99. The summed E-state index contributed by atoms with van der Waals surface area (Å²) in [5.41, 5.74) is 1.21. The Morgan fingerprint density at radius 2 is 2.25 bits per heavy atom. The molecule has 2 rings (SSSR count). The molecule has 0 atom stereocenters. The summed E-state index contributed by atoms with van der Waals surface area (Å²) < 4.78 is 1.98. The number of nitrogens with one attached hydrogen (secondary N) is 1. The number of hydrogen-bond donors (Lipinski definition) is 1. The molecule has 0 amide bonds. The molecule has 0 radical (unpaired) electrons. The number of nitrogens with zero attached hydrogens (tertiary/aromatic N) is 2. The first-order valence-electron chi connectivity index (χ1n) is 6.16. The van der Waals surface area contributed by atoms with Crippen molar-refractivity contribution in [1.29, 1.82) is 0 Å². The Balaban J connectivity index is 1.96. The summed E-state index contributed by atoms with van der Waals surface area (Å²) in [5.74, 6) is 3.76. The van der Waals surface area contributed by atoms with Crippen molar-refractivity contribution < 1.29 is 0 Å². The SMILES string of the molecule is CCCc1cc(NC2CCSCC2)n(C)n1. The van der Waals surface area contributed by atoms with Gasteiger partial charge in [0.1, 0.15) is 5.82 Å². The summed E-state index contributed by atoms with van der Waals surface area (Å²) in [6.07, 6.45) is 4.80. The maximum Gasteiger partial charge on any atom is 0.124 e. The van der Waals surface area contributed by atoms with Crippen LogP contribution in [0.3, 0.4) is 0 Å². The normalized spacial score (nSPS) is 17.6. The predicted octanol–water partition coefficient (Wildman–Crippen LogP) is 2.68. The first-order chi connectivity index (χ1) is 7.79. The zero-order valence-corrected chi connectivity index (χ0v) is 11.0. The molecular formula is C12H21N3S. The second-order valence-corrected chi connectivity index (χ2v) is 5.65. The van der Waals surface area contributed by atoms with Gasteiger partial charge in [0.25, 0.3) is 0 Å². The number of thioether (sulfide) groups is 1. The van der Waals surface area contributed by atoms with Gasteiger partial charge >= 0.3 is 0 Å². The van der Waals surface area contributed by atoms with Crippen LogP contribution in [0.2, 0.25) is 0 Å². The van der Waals surface area contributed by atoms with Crippen molar-refractivity contribution >= 4 is 17.6 Å². The highest BCUT2D eigenvalue weighted by Crippen LogP contribution is 2.21. The molecule has 0 saturated carbocycles. The molecule has 1 saturated heterocycles. The van der Waals surface area contributed by atoms with Crippen LogP contribution in [0, 0.1) is 0 Å². The van der Waals surface area contributed by atoms with Gasteiger partial charge in [0, 0.05) is 19.2 Å². The number of anilines is 1. The molecule has 1 fully saturated rings. The second-order valence-electron chi connectivity index (χ2n) is 4.43. The summed E-state index contributed by atoms with van der Waals surface area (Å²) in [4.78, 5) is 0. The third-order valence-electron chi connectivity index (χ3n) is 3.01. The third kappa shape index (κ3) is 2.94. The summed E-state index contributed by atoms with van der Waals surface area (Å²) >= 11 is 2.06. The van der Waals surface area contributed by atoms with E-state index in [2.05, 4.69) is 35.2 Å². The molecule has 0 aromatic carbocycles. The van der Waals surface area contributed by atoms with Gasteiger partial charge < -0.3 is 5.32 Å². The molecule has 0 bridgehead atoms. The van der Waals surface area contributed by atoms with Crippen molar-refractivity contribution in [2.45, 2.75) is 38.6 Å². The maximum absolute atomic E-state index is 4.51. The van der Waals surface area contributed by atoms with Crippen LogP contribution in [0.25, 0.3) is 0 Å². The molecule has 0 spiro atoms. The minimum absolute atomic E-state index is 0.645. The predicted molar refractivity (Wildman–Crippen MR) is 71.2 cm³/mol. The Bertz CT molecular complexity index is 329. The molecule has 3 nitrogen and oxygen atoms in total. The molecule has 0 unspecified atom stereocenters. The Kier molecular flexibility index (Phi) is 4.16. The van der Waals surface area contributed by atoms with Crippen molar-refractivity contribution in [3.63, 3.8) is 0 Å². The van der Waals surface area contributed by atoms with Gasteiger partial charge in [-0.05, 0) is 30.8 Å². The molecule has 16 heavy (non-hydrogen) atoms. The quantitative estimate of drug-likeness (QED) is 0.876. The van der Waals surface area contributed by atoms with Crippen LogP contribution in [0.15, 0.2) is 6.07 Å². The van der Waals surface area contributed by atoms with Crippen LogP contribution < -0.4 is 5.32 Å². The zero-order chi connectivity index (χ0) is 11.4. The standard InChI is InChI=1S/C12H21N3S/c1-3-4-11-9-12(15(2)14-11)13-10-5-7-16-8-6-10/h9-10,13H,3-8H2,1-2H3. The van der Waals surface area contributed by atoms with Gasteiger partial charge in [0.2, 0.25) is 0 Å². The average Bonchev–Trinajstić information content (AvgIpc) is 2.61. The van der Waals surface area contributed by atoms with E-state index >= 15 is 0 Å². The Morgan fingerprint density at radius 3 is 2.94 bits per heavy atom. The molecule has 1 aromatic heterocycles. The summed E-state index contributed by atoms with van der Waals surface area (Å²) in [6.45, 7) is 2.19. The van der Waals surface area contributed by atoms with Gasteiger partial charge in [-0.3, -0.25) is 4.68 Å². The third-order valence-corrected chi connectivity index (χ3v) is 4.06. The zero-order valence-electron chi connectivity index (χ0n) is 10.2. The van der Waals surface area contributed by atoms with Crippen molar-refractivity contribution in [3.05, 3.63) is 11.8 Å². The monoisotopic (exact) mass is 239 g/mol. The van der Waals surface area contributed by atoms with Crippen LogP contribution in [-0.2, 0) is 13.5 Å². The molecule has 1 aliphatic rings. The van der Waals surface area contributed by atoms with E-state index < -0.39 is 0 Å². The van der Waals surface area contributed by atoms with E-state index in [0.29, 0.717) is 6.04 Å². The van der Waals surface area contributed by atoms with E-state index in [1.165, 1.54) is 35.9 Å². The van der Waals surface area contributed by atoms with E-state index in [9.17, 15) is 0 Å². The van der Waals surface area contributed by atoms with Gasteiger partial charge in [-0.1, -0.05) is 13.3 Å². The molecule has 1 aliphatic heterocycles. The fraction of sp³-hybridized carbons (Fsp3) is 0.750. The van der Waals surface area contributed by atoms with Crippen LogP contribution in [0.4, 0.5) is 5.82 Å². The lowest BCUT2D eigenvalue weighted by Crippen LogP contribution is -2.25.